The standard InChI is InChI=1S/C12H11ClN4O3/c13-11-10(17(18)19)12(15-7-14-11)16(8-3-4-8)6-9-2-1-5-20-9/h1-2,5,7-8H,3-4,6H2. The molecule has 8 heteroatoms. The maximum absolute atomic E-state index is 11.2. The second-order valence-corrected chi connectivity index (χ2v) is 4.89. The van der Waals surface area contributed by atoms with E-state index < -0.39 is 4.92 Å². The summed E-state index contributed by atoms with van der Waals surface area (Å²) in [5.41, 5.74) is -0.257. The SMILES string of the molecule is O=[N+]([O-])c1c(Cl)ncnc1N(Cc1ccco1)C1CC1. The van der Waals surface area contributed by atoms with Crippen molar-refractivity contribution in [3.05, 3.63) is 45.8 Å². The van der Waals surface area contributed by atoms with Gasteiger partial charge in [0.25, 0.3) is 0 Å². The number of hydrogen-bond acceptors (Lipinski definition) is 6. The zero-order valence-corrected chi connectivity index (χ0v) is 11.2. The zero-order chi connectivity index (χ0) is 14.1. The number of nitro groups is 1. The Bertz CT molecular complexity index is 628. The normalized spacial score (nSPS) is 14.2. The molecule has 0 N–H and O–H groups in total. The van der Waals surface area contributed by atoms with Gasteiger partial charge in [0.2, 0.25) is 11.0 Å². The third kappa shape index (κ3) is 2.44. The molecule has 1 aliphatic rings. The van der Waals surface area contributed by atoms with Gasteiger partial charge in [0.1, 0.15) is 12.1 Å². The van der Waals surface area contributed by atoms with E-state index in [1.54, 1.807) is 12.3 Å². The van der Waals surface area contributed by atoms with Crippen molar-refractivity contribution < 1.29 is 9.34 Å². The molecular weight excluding hydrogens is 284 g/mol. The van der Waals surface area contributed by atoms with E-state index in [0.717, 1.165) is 18.6 Å². The second-order valence-electron chi connectivity index (χ2n) is 4.53. The highest BCUT2D eigenvalue weighted by Gasteiger charge is 2.36. The summed E-state index contributed by atoms with van der Waals surface area (Å²) in [4.78, 5) is 20.2. The van der Waals surface area contributed by atoms with Gasteiger partial charge in [-0.25, -0.2) is 9.97 Å². The Hall–Kier alpha value is -2.15. The smallest absolute Gasteiger partial charge is 0.348 e. The van der Waals surface area contributed by atoms with Crippen molar-refractivity contribution in [2.24, 2.45) is 0 Å². The monoisotopic (exact) mass is 294 g/mol. The van der Waals surface area contributed by atoms with E-state index >= 15 is 0 Å². The van der Waals surface area contributed by atoms with Crippen LogP contribution in [0, 0.1) is 10.1 Å². The molecule has 0 spiro atoms. The van der Waals surface area contributed by atoms with E-state index in [4.69, 9.17) is 16.0 Å². The van der Waals surface area contributed by atoms with Crippen molar-refractivity contribution in [1.82, 2.24) is 9.97 Å². The third-order valence-electron chi connectivity index (χ3n) is 3.11. The summed E-state index contributed by atoms with van der Waals surface area (Å²) in [6.45, 7) is 0.422. The highest BCUT2D eigenvalue weighted by Crippen LogP contribution is 2.38. The van der Waals surface area contributed by atoms with Crippen molar-refractivity contribution in [3.63, 3.8) is 0 Å². The highest BCUT2D eigenvalue weighted by molar-refractivity contribution is 6.31. The Balaban J connectivity index is 1.99. The summed E-state index contributed by atoms with van der Waals surface area (Å²) < 4.78 is 5.31. The first kappa shape index (κ1) is 12.9. The van der Waals surface area contributed by atoms with Gasteiger partial charge in [-0.3, -0.25) is 10.1 Å². The van der Waals surface area contributed by atoms with Gasteiger partial charge in [-0.1, -0.05) is 11.6 Å². The summed E-state index contributed by atoms with van der Waals surface area (Å²) >= 11 is 5.83. The van der Waals surface area contributed by atoms with E-state index in [0.29, 0.717) is 6.54 Å². The van der Waals surface area contributed by atoms with Gasteiger partial charge < -0.3 is 9.32 Å². The zero-order valence-electron chi connectivity index (χ0n) is 10.4. The summed E-state index contributed by atoms with van der Waals surface area (Å²) in [5, 5.41) is 11.0. The maximum atomic E-state index is 11.2. The van der Waals surface area contributed by atoms with Crippen LogP contribution in [0.4, 0.5) is 11.5 Å². The molecule has 0 unspecified atom stereocenters. The number of halogens is 1. The van der Waals surface area contributed by atoms with Gasteiger partial charge in [-0.2, -0.15) is 0 Å². The lowest BCUT2D eigenvalue weighted by Crippen LogP contribution is -2.26. The number of anilines is 1. The van der Waals surface area contributed by atoms with Crippen LogP contribution in [-0.2, 0) is 6.54 Å². The average molecular weight is 295 g/mol. The van der Waals surface area contributed by atoms with E-state index in [2.05, 4.69) is 9.97 Å². The largest absolute Gasteiger partial charge is 0.467 e. The molecule has 0 amide bonds. The van der Waals surface area contributed by atoms with E-state index in [1.165, 1.54) is 6.33 Å². The van der Waals surface area contributed by atoms with Gasteiger partial charge in [0.15, 0.2) is 0 Å². The molecule has 1 fully saturated rings. The minimum absolute atomic E-state index is 0.148. The predicted molar refractivity (Wildman–Crippen MR) is 71.6 cm³/mol. The van der Waals surface area contributed by atoms with Crippen molar-refractivity contribution in [3.8, 4) is 0 Å². The Labute approximate surface area is 119 Å². The number of aromatic nitrogens is 2. The fourth-order valence-corrected chi connectivity index (χ4v) is 2.25. The van der Waals surface area contributed by atoms with E-state index in [9.17, 15) is 10.1 Å². The molecule has 0 aliphatic heterocycles. The maximum Gasteiger partial charge on any atom is 0.348 e. The number of hydrogen-bond donors (Lipinski definition) is 0. The molecule has 0 atom stereocenters. The van der Waals surface area contributed by atoms with Gasteiger partial charge in [0, 0.05) is 6.04 Å². The van der Waals surface area contributed by atoms with Gasteiger partial charge in [-0.15, -0.1) is 0 Å². The van der Waals surface area contributed by atoms with E-state index in [-0.39, 0.29) is 22.7 Å². The summed E-state index contributed by atoms with van der Waals surface area (Å²) in [6, 6.07) is 3.83. The van der Waals surface area contributed by atoms with Gasteiger partial charge >= 0.3 is 5.69 Å². The summed E-state index contributed by atoms with van der Waals surface area (Å²) in [7, 11) is 0. The Kier molecular flexibility index (Phi) is 3.27. The summed E-state index contributed by atoms with van der Waals surface area (Å²) in [6.07, 6.45) is 4.75. The molecule has 0 bridgehead atoms. The van der Waals surface area contributed by atoms with Gasteiger partial charge in [0.05, 0.1) is 17.7 Å². The first-order valence-electron chi connectivity index (χ1n) is 6.10. The lowest BCUT2D eigenvalue weighted by Gasteiger charge is -2.21. The fraction of sp³-hybridized carbons (Fsp3) is 0.333. The molecule has 7 nitrogen and oxygen atoms in total. The van der Waals surface area contributed by atoms with E-state index in [1.807, 2.05) is 11.0 Å². The van der Waals surface area contributed by atoms with Crippen molar-refractivity contribution in [1.29, 1.82) is 0 Å². The number of nitrogens with zero attached hydrogens (tertiary/aromatic N) is 4. The van der Waals surface area contributed by atoms with Crippen LogP contribution in [0.1, 0.15) is 18.6 Å². The Morgan fingerprint density at radius 3 is 2.90 bits per heavy atom. The molecule has 0 radical (unpaired) electrons. The quantitative estimate of drug-likeness (QED) is 0.479. The minimum Gasteiger partial charge on any atom is -0.467 e. The van der Waals surface area contributed by atoms with Crippen LogP contribution in [0.2, 0.25) is 5.15 Å². The van der Waals surface area contributed by atoms with Crippen LogP contribution in [0.3, 0.4) is 0 Å². The van der Waals surface area contributed by atoms with Crippen LogP contribution >= 0.6 is 11.6 Å². The van der Waals surface area contributed by atoms with Crippen LogP contribution in [0.15, 0.2) is 29.1 Å². The highest BCUT2D eigenvalue weighted by atomic mass is 35.5. The van der Waals surface area contributed by atoms with Crippen molar-refractivity contribution >= 4 is 23.1 Å². The first-order chi connectivity index (χ1) is 9.66. The fourth-order valence-electron chi connectivity index (χ4n) is 2.05. The molecule has 1 saturated carbocycles. The van der Waals surface area contributed by atoms with Crippen LogP contribution in [0.5, 0.6) is 0 Å². The Morgan fingerprint density at radius 1 is 1.50 bits per heavy atom. The summed E-state index contributed by atoms with van der Waals surface area (Å²) in [5.74, 6) is 0.967. The lowest BCUT2D eigenvalue weighted by molar-refractivity contribution is -0.384. The first-order valence-corrected chi connectivity index (χ1v) is 6.48. The third-order valence-corrected chi connectivity index (χ3v) is 3.38. The molecule has 2 aromatic rings. The minimum atomic E-state index is -0.546. The second kappa shape index (κ2) is 5.09. The molecule has 3 rings (SSSR count). The molecular formula is C12H11ClN4O3. The van der Waals surface area contributed by atoms with Crippen LogP contribution in [-0.4, -0.2) is 20.9 Å². The van der Waals surface area contributed by atoms with Crippen LogP contribution in [0.25, 0.3) is 0 Å². The molecule has 0 saturated heterocycles. The molecule has 20 heavy (non-hydrogen) atoms. The average Bonchev–Trinajstić information content (AvgIpc) is 3.12. The Morgan fingerprint density at radius 2 is 2.30 bits per heavy atom. The predicted octanol–water partition coefficient (Wildman–Crippen LogP) is 2.80. The topological polar surface area (TPSA) is 85.3 Å². The van der Waals surface area contributed by atoms with Crippen LogP contribution < -0.4 is 4.90 Å². The molecule has 2 aromatic heterocycles. The molecule has 104 valence electrons. The number of rotatable bonds is 5. The number of furan rings is 1. The van der Waals surface area contributed by atoms with Crippen molar-refractivity contribution in [2.45, 2.75) is 25.4 Å². The lowest BCUT2D eigenvalue weighted by atomic mass is 10.3. The molecule has 0 aromatic carbocycles. The van der Waals surface area contributed by atoms with Gasteiger partial charge in [-0.05, 0) is 25.0 Å². The molecule has 2 heterocycles. The van der Waals surface area contributed by atoms with Crippen molar-refractivity contribution in [2.75, 3.05) is 4.90 Å². The molecule has 1 aliphatic carbocycles.